The van der Waals surface area contributed by atoms with E-state index in [1.165, 1.54) is 0 Å². The maximum absolute atomic E-state index is 11.9. The average Bonchev–Trinajstić information content (AvgIpc) is 2.27. The molecule has 2 rings (SSSR count). The Hall–Kier alpha value is -0.140. The van der Waals surface area contributed by atoms with Crippen LogP contribution < -0.4 is 0 Å². The highest BCUT2D eigenvalue weighted by Gasteiger charge is 2.51. The molecule has 4 heteroatoms. The van der Waals surface area contributed by atoms with Crippen molar-refractivity contribution in [2.75, 3.05) is 26.7 Å². The second-order valence-electron chi connectivity index (χ2n) is 4.56. The summed E-state index contributed by atoms with van der Waals surface area (Å²) in [6, 6.07) is 0. The number of carbonyl (C=O) groups excluding carboxylic acids is 1. The molecule has 0 saturated carbocycles. The molecule has 3 atom stereocenters. The lowest BCUT2D eigenvalue weighted by molar-refractivity contribution is -0.136. The van der Waals surface area contributed by atoms with Crippen LogP contribution in [0.15, 0.2) is 0 Å². The molecule has 2 saturated heterocycles. The van der Waals surface area contributed by atoms with Crippen LogP contribution in [-0.4, -0.2) is 42.2 Å². The Kier molecular flexibility index (Phi) is 2.12. The van der Waals surface area contributed by atoms with Gasteiger partial charge in [-0.25, -0.2) is 0 Å². The van der Waals surface area contributed by atoms with Crippen molar-refractivity contribution in [2.45, 2.75) is 13.3 Å². The fourth-order valence-corrected chi connectivity index (χ4v) is 3.18. The van der Waals surface area contributed by atoms with Gasteiger partial charge in [0.25, 0.3) is 0 Å². The molecule has 13 heavy (non-hydrogen) atoms. The van der Waals surface area contributed by atoms with Gasteiger partial charge in [0.15, 0.2) is 0 Å². The van der Waals surface area contributed by atoms with Gasteiger partial charge in [0, 0.05) is 26.7 Å². The van der Waals surface area contributed by atoms with E-state index < -0.39 is 0 Å². The van der Waals surface area contributed by atoms with Crippen LogP contribution in [0.5, 0.6) is 0 Å². The summed E-state index contributed by atoms with van der Waals surface area (Å²) in [5.74, 6) is 0.895. The first-order valence-corrected chi connectivity index (χ1v) is 5.31. The minimum absolute atomic E-state index is 0.116. The largest absolute Gasteiger partial charge is 0.345 e. The standard InChI is InChI=1S/C9H17N2OP/c1-9-6-11(13)4-3-7(9)5-10(2)8(9)12/h7H,3-6,13H2,1-2H3. The molecule has 0 aromatic heterocycles. The van der Waals surface area contributed by atoms with Gasteiger partial charge < -0.3 is 4.90 Å². The lowest BCUT2D eigenvalue weighted by atomic mass is 9.75. The molecule has 3 nitrogen and oxygen atoms in total. The van der Waals surface area contributed by atoms with E-state index in [2.05, 4.69) is 21.0 Å². The predicted molar refractivity (Wildman–Crippen MR) is 55.1 cm³/mol. The zero-order valence-electron chi connectivity index (χ0n) is 8.29. The first-order chi connectivity index (χ1) is 6.04. The molecule has 0 radical (unpaired) electrons. The normalized spacial score (nSPS) is 41.0. The summed E-state index contributed by atoms with van der Waals surface area (Å²) in [5.41, 5.74) is -0.116. The van der Waals surface area contributed by atoms with Crippen molar-refractivity contribution in [3.63, 3.8) is 0 Å². The Morgan fingerprint density at radius 3 is 3.00 bits per heavy atom. The van der Waals surface area contributed by atoms with Crippen molar-refractivity contribution in [2.24, 2.45) is 11.3 Å². The van der Waals surface area contributed by atoms with Gasteiger partial charge in [0.2, 0.25) is 5.91 Å². The number of nitrogens with zero attached hydrogens (tertiary/aromatic N) is 2. The number of amides is 1. The van der Waals surface area contributed by atoms with Crippen molar-refractivity contribution in [3.8, 4) is 0 Å². The molecule has 2 aliphatic rings. The fourth-order valence-electron chi connectivity index (χ4n) is 2.65. The van der Waals surface area contributed by atoms with Crippen molar-refractivity contribution in [1.29, 1.82) is 0 Å². The summed E-state index contributed by atoms with van der Waals surface area (Å²) in [7, 11) is 4.63. The minimum atomic E-state index is -0.116. The number of rotatable bonds is 0. The Balaban J connectivity index is 2.25. The van der Waals surface area contributed by atoms with Gasteiger partial charge in [0.05, 0.1) is 5.41 Å². The Labute approximate surface area is 81.7 Å². The first kappa shape index (κ1) is 9.42. The zero-order valence-corrected chi connectivity index (χ0v) is 9.44. The van der Waals surface area contributed by atoms with Gasteiger partial charge in [-0.3, -0.25) is 9.46 Å². The molecule has 2 aliphatic heterocycles. The Morgan fingerprint density at radius 2 is 2.31 bits per heavy atom. The molecule has 0 N–H and O–H groups in total. The highest BCUT2D eigenvalue weighted by Crippen LogP contribution is 2.42. The topological polar surface area (TPSA) is 23.6 Å². The van der Waals surface area contributed by atoms with Crippen LogP contribution in [0.4, 0.5) is 0 Å². The third kappa shape index (κ3) is 1.29. The number of hydrogen-bond donors (Lipinski definition) is 0. The quantitative estimate of drug-likeness (QED) is 0.534. The maximum atomic E-state index is 11.9. The molecule has 2 fully saturated rings. The molecule has 0 aliphatic carbocycles. The van der Waals surface area contributed by atoms with E-state index in [1.807, 2.05) is 11.9 Å². The van der Waals surface area contributed by atoms with E-state index in [0.29, 0.717) is 11.8 Å². The van der Waals surface area contributed by atoms with Gasteiger partial charge in [-0.15, -0.1) is 0 Å². The Morgan fingerprint density at radius 1 is 1.62 bits per heavy atom. The molecule has 3 unspecified atom stereocenters. The number of fused-ring (bicyclic) bond motifs is 1. The molecule has 0 aromatic carbocycles. The van der Waals surface area contributed by atoms with Gasteiger partial charge in [-0.2, -0.15) is 0 Å². The molecule has 0 aromatic rings. The van der Waals surface area contributed by atoms with E-state index in [0.717, 1.165) is 26.1 Å². The molecular formula is C9H17N2OP. The number of carbonyl (C=O) groups is 1. The molecule has 0 bridgehead atoms. The van der Waals surface area contributed by atoms with Crippen molar-refractivity contribution >= 4 is 15.3 Å². The average molecular weight is 200 g/mol. The second kappa shape index (κ2) is 2.93. The van der Waals surface area contributed by atoms with Crippen LogP contribution in [0, 0.1) is 11.3 Å². The van der Waals surface area contributed by atoms with Crippen LogP contribution >= 0.6 is 9.39 Å². The van der Waals surface area contributed by atoms with Gasteiger partial charge in [-0.05, 0) is 19.3 Å². The molecule has 2 heterocycles. The third-order valence-electron chi connectivity index (χ3n) is 3.53. The van der Waals surface area contributed by atoms with E-state index in [4.69, 9.17) is 0 Å². The first-order valence-electron chi connectivity index (χ1n) is 4.79. The summed E-state index contributed by atoms with van der Waals surface area (Å²) < 4.78 is 2.19. The zero-order chi connectivity index (χ0) is 9.64. The van der Waals surface area contributed by atoms with E-state index in [9.17, 15) is 4.79 Å². The molecule has 74 valence electrons. The van der Waals surface area contributed by atoms with Crippen LogP contribution in [0.2, 0.25) is 0 Å². The molecule has 0 spiro atoms. The lowest BCUT2D eigenvalue weighted by Crippen LogP contribution is -2.45. The summed E-state index contributed by atoms with van der Waals surface area (Å²) >= 11 is 0. The fraction of sp³-hybridized carbons (Fsp3) is 0.889. The molecular weight excluding hydrogens is 183 g/mol. The summed E-state index contributed by atoms with van der Waals surface area (Å²) in [5, 5.41) is 0. The minimum Gasteiger partial charge on any atom is -0.345 e. The number of piperidine rings is 1. The van der Waals surface area contributed by atoms with Crippen molar-refractivity contribution in [1.82, 2.24) is 9.57 Å². The second-order valence-corrected chi connectivity index (χ2v) is 5.29. The monoisotopic (exact) mass is 200 g/mol. The van der Waals surface area contributed by atoms with Crippen LogP contribution in [0.1, 0.15) is 13.3 Å². The summed E-state index contributed by atoms with van der Waals surface area (Å²) in [4.78, 5) is 13.8. The maximum Gasteiger partial charge on any atom is 0.229 e. The van der Waals surface area contributed by atoms with Crippen LogP contribution in [0.3, 0.4) is 0 Å². The SMILES string of the molecule is CN1CC2CCN(P)CC2(C)C1=O. The lowest BCUT2D eigenvalue weighted by Gasteiger charge is -2.38. The van der Waals surface area contributed by atoms with Gasteiger partial charge in [0.1, 0.15) is 0 Å². The van der Waals surface area contributed by atoms with Gasteiger partial charge in [-0.1, -0.05) is 9.39 Å². The summed E-state index contributed by atoms with van der Waals surface area (Å²) in [6.07, 6.45) is 1.15. The van der Waals surface area contributed by atoms with E-state index >= 15 is 0 Å². The van der Waals surface area contributed by atoms with Crippen LogP contribution in [0.25, 0.3) is 0 Å². The highest BCUT2D eigenvalue weighted by atomic mass is 31.0. The number of hydrogen-bond acceptors (Lipinski definition) is 2. The third-order valence-corrected chi connectivity index (χ3v) is 3.97. The van der Waals surface area contributed by atoms with Gasteiger partial charge >= 0.3 is 0 Å². The molecule has 1 amide bonds. The summed E-state index contributed by atoms with van der Waals surface area (Å²) in [6.45, 7) is 5.06. The van der Waals surface area contributed by atoms with E-state index in [-0.39, 0.29) is 5.41 Å². The number of likely N-dealkylation sites (tertiary alicyclic amines) is 1. The highest BCUT2D eigenvalue weighted by molar-refractivity contribution is 7.13. The van der Waals surface area contributed by atoms with Crippen LogP contribution in [-0.2, 0) is 4.79 Å². The van der Waals surface area contributed by atoms with Crippen molar-refractivity contribution < 1.29 is 4.79 Å². The smallest absolute Gasteiger partial charge is 0.229 e. The predicted octanol–water partition coefficient (Wildman–Crippen LogP) is 0.577. The van der Waals surface area contributed by atoms with Crippen molar-refractivity contribution in [3.05, 3.63) is 0 Å². The Bertz CT molecular complexity index is 246. The van der Waals surface area contributed by atoms with E-state index in [1.54, 1.807) is 0 Å².